The van der Waals surface area contributed by atoms with Gasteiger partial charge in [0.1, 0.15) is 5.58 Å². The molecule has 1 aliphatic rings. The standard InChI is InChI=1S/C26H26N4O4/c1-29-11-9-23(28-29)25(31)27-22-7-3-2-6-21(22)26(32)30-12-14-33-17-18(16-30)15-19-5-4-8-24-20(19)10-13-34-24/h2-11,13,18H,12,14-17H2,1H3,(H,27,31)/t18-/m1/s1. The first kappa shape index (κ1) is 21.9. The maximum atomic E-state index is 13.5. The molecule has 1 fully saturated rings. The predicted molar refractivity (Wildman–Crippen MR) is 128 cm³/mol. The number of ether oxygens (including phenoxy) is 1. The van der Waals surface area contributed by atoms with Gasteiger partial charge in [0, 0.05) is 37.6 Å². The van der Waals surface area contributed by atoms with Crippen molar-refractivity contribution in [3.8, 4) is 0 Å². The second-order valence-corrected chi connectivity index (χ2v) is 8.52. The summed E-state index contributed by atoms with van der Waals surface area (Å²) in [5, 5.41) is 8.07. The van der Waals surface area contributed by atoms with Gasteiger partial charge in [0.25, 0.3) is 11.8 Å². The number of aryl methyl sites for hydroxylation is 1. The molecule has 2 amide bonds. The first-order valence-corrected chi connectivity index (χ1v) is 11.3. The molecule has 1 saturated heterocycles. The van der Waals surface area contributed by atoms with E-state index in [4.69, 9.17) is 9.15 Å². The fourth-order valence-corrected chi connectivity index (χ4v) is 4.41. The Morgan fingerprint density at radius 2 is 2.00 bits per heavy atom. The summed E-state index contributed by atoms with van der Waals surface area (Å²) >= 11 is 0. The third-order valence-electron chi connectivity index (χ3n) is 6.07. The number of carbonyl (C=O) groups is 2. The second kappa shape index (κ2) is 9.52. The Balaban J connectivity index is 1.33. The summed E-state index contributed by atoms with van der Waals surface area (Å²) in [6, 6.07) is 16.7. The van der Waals surface area contributed by atoms with Crippen LogP contribution >= 0.6 is 0 Å². The highest BCUT2D eigenvalue weighted by Gasteiger charge is 2.26. The van der Waals surface area contributed by atoms with Crippen LogP contribution in [-0.4, -0.2) is 52.8 Å². The number of benzene rings is 2. The van der Waals surface area contributed by atoms with E-state index in [1.165, 1.54) is 5.56 Å². The molecule has 0 spiro atoms. The van der Waals surface area contributed by atoms with Crippen molar-refractivity contribution in [1.29, 1.82) is 0 Å². The lowest BCUT2D eigenvalue weighted by Crippen LogP contribution is -2.37. The molecule has 8 heteroatoms. The van der Waals surface area contributed by atoms with E-state index in [-0.39, 0.29) is 17.7 Å². The Labute approximate surface area is 197 Å². The summed E-state index contributed by atoms with van der Waals surface area (Å²) in [6.45, 7) is 2.11. The van der Waals surface area contributed by atoms with E-state index in [0.29, 0.717) is 43.2 Å². The summed E-state index contributed by atoms with van der Waals surface area (Å²) in [6.07, 6.45) is 4.18. The van der Waals surface area contributed by atoms with E-state index < -0.39 is 0 Å². The Kier molecular flexibility index (Phi) is 6.14. The van der Waals surface area contributed by atoms with Crippen molar-refractivity contribution in [2.24, 2.45) is 13.0 Å². The number of fused-ring (bicyclic) bond motifs is 1. The maximum Gasteiger partial charge on any atom is 0.276 e. The van der Waals surface area contributed by atoms with E-state index in [1.54, 1.807) is 54.5 Å². The smallest absolute Gasteiger partial charge is 0.276 e. The number of rotatable bonds is 5. The molecule has 1 N–H and O–H groups in total. The van der Waals surface area contributed by atoms with Crippen LogP contribution in [0.1, 0.15) is 26.4 Å². The Morgan fingerprint density at radius 1 is 1.12 bits per heavy atom. The van der Waals surface area contributed by atoms with Crippen LogP contribution in [0.25, 0.3) is 11.0 Å². The lowest BCUT2D eigenvalue weighted by atomic mass is 9.97. The van der Waals surface area contributed by atoms with Gasteiger partial charge in [0.2, 0.25) is 0 Å². The van der Waals surface area contributed by atoms with Crippen LogP contribution < -0.4 is 5.32 Å². The average molecular weight is 459 g/mol. The molecule has 2 aromatic heterocycles. The lowest BCUT2D eigenvalue weighted by Gasteiger charge is -2.25. The van der Waals surface area contributed by atoms with Crippen LogP contribution in [0.3, 0.4) is 0 Å². The maximum absolute atomic E-state index is 13.5. The van der Waals surface area contributed by atoms with Gasteiger partial charge in [-0.1, -0.05) is 24.3 Å². The van der Waals surface area contributed by atoms with Crippen molar-refractivity contribution in [2.45, 2.75) is 6.42 Å². The number of furan rings is 1. The van der Waals surface area contributed by atoms with Crippen molar-refractivity contribution in [2.75, 3.05) is 31.6 Å². The van der Waals surface area contributed by atoms with Crippen molar-refractivity contribution < 1.29 is 18.7 Å². The number of aromatic nitrogens is 2. The quantitative estimate of drug-likeness (QED) is 0.492. The molecule has 1 atom stereocenters. The first-order valence-electron chi connectivity index (χ1n) is 11.3. The zero-order valence-corrected chi connectivity index (χ0v) is 18.9. The predicted octanol–water partition coefficient (Wildman–Crippen LogP) is 3.75. The Hall–Kier alpha value is -3.91. The number of hydrogen-bond acceptors (Lipinski definition) is 5. The second-order valence-electron chi connectivity index (χ2n) is 8.52. The van der Waals surface area contributed by atoms with E-state index in [9.17, 15) is 9.59 Å². The van der Waals surface area contributed by atoms with Crippen molar-refractivity contribution in [1.82, 2.24) is 14.7 Å². The Morgan fingerprint density at radius 3 is 2.85 bits per heavy atom. The molecule has 0 bridgehead atoms. The van der Waals surface area contributed by atoms with Crippen molar-refractivity contribution in [3.63, 3.8) is 0 Å². The number of hydrogen-bond donors (Lipinski definition) is 1. The zero-order chi connectivity index (χ0) is 23.5. The number of nitrogens with zero attached hydrogens (tertiary/aromatic N) is 3. The van der Waals surface area contributed by atoms with E-state index in [0.717, 1.165) is 17.4 Å². The molecule has 0 radical (unpaired) electrons. The van der Waals surface area contributed by atoms with E-state index >= 15 is 0 Å². The molecule has 3 heterocycles. The molecule has 5 rings (SSSR count). The van der Waals surface area contributed by atoms with Gasteiger partial charge < -0.3 is 19.4 Å². The molecule has 4 aromatic rings. The Bertz CT molecular complexity index is 1330. The molecule has 0 saturated carbocycles. The minimum Gasteiger partial charge on any atom is -0.464 e. The lowest BCUT2D eigenvalue weighted by molar-refractivity contribution is 0.0738. The van der Waals surface area contributed by atoms with Gasteiger partial charge >= 0.3 is 0 Å². The molecule has 1 aliphatic heterocycles. The first-order chi connectivity index (χ1) is 16.6. The van der Waals surface area contributed by atoms with E-state index in [2.05, 4.69) is 16.5 Å². The summed E-state index contributed by atoms with van der Waals surface area (Å²) in [5.74, 6) is -0.345. The average Bonchev–Trinajstić information content (AvgIpc) is 3.44. The van der Waals surface area contributed by atoms with Gasteiger partial charge in [0.05, 0.1) is 30.7 Å². The topological polar surface area (TPSA) is 89.6 Å². The minimum absolute atomic E-state index is 0.131. The van der Waals surface area contributed by atoms with Crippen molar-refractivity contribution >= 4 is 28.5 Å². The highest BCUT2D eigenvalue weighted by molar-refractivity contribution is 6.08. The third-order valence-corrected chi connectivity index (χ3v) is 6.07. The largest absolute Gasteiger partial charge is 0.464 e. The highest BCUT2D eigenvalue weighted by atomic mass is 16.5. The summed E-state index contributed by atoms with van der Waals surface area (Å²) in [7, 11) is 1.75. The molecule has 2 aromatic carbocycles. The third kappa shape index (κ3) is 4.58. The number of amides is 2. The van der Waals surface area contributed by atoms with Crippen LogP contribution in [0.5, 0.6) is 0 Å². The normalized spacial score (nSPS) is 16.4. The van der Waals surface area contributed by atoms with Crippen LogP contribution in [0.15, 0.2) is 71.5 Å². The molecular formula is C26H26N4O4. The SMILES string of the molecule is Cn1ccc(C(=O)Nc2ccccc2C(=O)N2CCOC[C@H](Cc3cccc4occc34)C2)n1. The van der Waals surface area contributed by atoms with Crippen molar-refractivity contribution in [3.05, 3.63) is 83.9 Å². The molecule has 174 valence electrons. The van der Waals surface area contributed by atoms with Crippen LogP contribution in [0.2, 0.25) is 0 Å². The molecule has 0 unspecified atom stereocenters. The monoisotopic (exact) mass is 458 g/mol. The number of carbonyl (C=O) groups excluding carboxylic acids is 2. The number of para-hydroxylation sites is 1. The minimum atomic E-state index is -0.355. The fraction of sp³-hybridized carbons (Fsp3) is 0.269. The fourth-order valence-electron chi connectivity index (χ4n) is 4.41. The van der Waals surface area contributed by atoms with Gasteiger partial charge in [-0.2, -0.15) is 5.10 Å². The number of anilines is 1. The van der Waals surface area contributed by atoms with Gasteiger partial charge in [-0.3, -0.25) is 14.3 Å². The summed E-state index contributed by atoms with van der Waals surface area (Å²) in [5.41, 5.74) is 3.24. The number of nitrogens with one attached hydrogen (secondary N) is 1. The molecule has 0 aliphatic carbocycles. The zero-order valence-electron chi connectivity index (χ0n) is 18.9. The van der Waals surface area contributed by atoms with Gasteiger partial charge in [-0.05, 0) is 42.3 Å². The molecular weight excluding hydrogens is 432 g/mol. The van der Waals surface area contributed by atoms with Crippen LogP contribution in [0.4, 0.5) is 5.69 Å². The summed E-state index contributed by atoms with van der Waals surface area (Å²) < 4.78 is 12.9. The van der Waals surface area contributed by atoms with E-state index in [1.807, 2.05) is 23.1 Å². The van der Waals surface area contributed by atoms with Gasteiger partial charge in [-0.25, -0.2) is 0 Å². The van der Waals surface area contributed by atoms with Gasteiger partial charge in [0.15, 0.2) is 5.69 Å². The summed E-state index contributed by atoms with van der Waals surface area (Å²) in [4.78, 5) is 28.0. The van der Waals surface area contributed by atoms with Gasteiger partial charge in [-0.15, -0.1) is 0 Å². The molecule has 34 heavy (non-hydrogen) atoms. The molecule has 8 nitrogen and oxygen atoms in total. The van der Waals surface area contributed by atoms with Crippen LogP contribution in [-0.2, 0) is 18.2 Å². The highest BCUT2D eigenvalue weighted by Crippen LogP contribution is 2.25. The van der Waals surface area contributed by atoms with Crippen LogP contribution in [0, 0.1) is 5.92 Å².